The molecule has 1 saturated carbocycles. The van der Waals surface area contributed by atoms with Crippen LogP contribution in [-0.2, 0) is 9.59 Å². The number of carbonyl (C=O) groups is 2. The van der Waals surface area contributed by atoms with Gasteiger partial charge in [-0.15, -0.1) is 0 Å². The number of rotatable bonds is 5. The zero-order valence-electron chi connectivity index (χ0n) is 12.4. The van der Waals surface area contributed by atoms with Crippen LogP contribution in [0.25, 0.3) is 0 Å². The Morgan fingerprint density at radius 3 is 2.73 bits per heavy atom. The molecule has 1 aromatic rings. The number of nitrogens with one attached hydrogen (secondary N) is 1. The van der Waals surface area contributed by atoms with E-state index in [0.717, 1.165) is 12.8 Å². The van der Waals surface area contributed by atoms with Gasteiger partial charge in [-0.2, -0.15) is 0 Å². The Balaban J connectivity index is 1.72. The van der Waals surface area contributed by atoms with E-state index in [1.165, 1.54) is 6.08 Å². The van der Waals surface area contributed by atoms with Gasteiger partial charge in [-0.1, -0.05) is 36.9 Å². The number of aliphatic hydroxyl groups is 1. The lowest BCUT2D eigenvalue weighted by Gasteiger charge is -2.42. The molecule has 3 aliphatic rings. The topological polar surface area (TPSA) is 69.6 Å². The van der Waals surface area contributed by atoms with E-state index in [9.17, 15) is 14.7 Å². The van der Waals surface area contributed by atoms with E-state index >= 15 is 0 Å². The van der Waals surface area contributed by atoms with Gasteiger partial charge in [0.05, 0.1) is 5.54 Å². The molecule has 2 aliphatic heterocycles. The molecule has 1 aromatic carbocycles. The molecule has 2 bridgehead atoms. The lowest BCUT2D eigenvalue weighted by Crippen LogP contribution is -2.56. The number of benzene rings is 1. The summed E-state index contributed by atoms with van der Waals surface area (Å²) in [6, 6.07) is 8.94. The first kappa shape index (κ1) is 14.8. The molecule has 0 unspecified atom stereocenters. The SMILES string of the molecule is C=CC(=O)NCC12CC(CN1C(=O)[C@@H](O)c1ccccc1)C2. The van der Waals surface area contributed by atoms with E-state index < -0.39 is 6.10 Å². The van der Waals surface area contributed by atoms with Crippen molar-refractivity contribution in [3.63, 3.8) is 0 Å². The van der Waals surface area contributed by atoms with Gasteiger partial charge in [0.2, 0.25) is 5.91 Å². The molecule has 22 heavy (non-hydrogen) atoms. The molecule has 116 valence electrons. The van der Waals surface area contributed by atoms with Gasteiger partial charge in [0.15, 0.2) is 6.10 Å². The van der Waals surface area contributed by atoms with Gasteiger partial charge in [-0.3, -0.25) is 9.59 Å². The first-order valence-corrected chi connectivity index (χ1v) is 7.50. The van der Waals surface area contributed by atoms with E-state index in [-0.39, 0.29) is 17.4 Å². The van der Waals surface area contributed by atoms with Crippen LogP contribution in [0.2, 0.25) is 0 Å². The second kappa shape index (κ2) is 5.57. The molecule has 2 N–H and O–H groups in total. The lowest BCUT2D eigenvalue weighted by atomic mass is 9.73. The minimum atomic E-state index is -1.15. The fourth-order valence-electron chi connectivity index (χ4n) is 3.63. The predicted molar refractivity (Wildman–Crippen MR) is 81.8 cm³/mol. The predicted octanol–water partition coefficient (Wildman–Crippen LogP) is 1.01. The summed E-state index contributed by atoms with van der Waals surface area (Å²) in [4.78, 5) is 25.8. The third-order valence-electron chi connectivity index (χ3n) is 4.74. The molecule has 1 atom stereocenters. The average Bonchev–Trinajstić information content (AvgIpc) is 3.07. The number of nitrogens with zero attached hydrogens (tertiary/aromatic N) is 1. The van der Waals surface area contributed by atoms with Crippen molar-refractivity contribution in [3.05, 3.63) is 48.6 Å². The van der Waals surface area contributed by atoms with Crippen LogP contribution in [0, 0.1) is 5.92 Å². The Hall–Kier alpha value is -2.14. The summed E-state index contributed by atoms with van der Waals surface area (Å²) in [7, 11) is 0. The molecule has 0 spiro atoms. The van der Waals surface area contributed by atoms with Crippen molar-refractivity contribution in [1.82, 2.24) is 10.2 Å². The van der Waals surface area contributed by atoms with Crippen molar-refractivity contribution in [2.75, 3.05) is 13.1 Å². The summed E-state index contributed by atoms with van der Waals surface area (Å²) in [5.74, 6) is -0.0349. The van der Waals surface area contributed by atoms with E-state index in [4.69, 9.17) is 0 Å². The molecule has 2 saturated heterocycles. The van der Waals surface area contributed by atoms with E-state index in [1.54, 1.807) is 29.2 Å². The molecule has 0 radical (unpaired) electrons. The normalized spacial score (nSPS) is 27.0. The minimum absolute atomic E-state index is 0.235. The summed E-state index contributed by atoms with van der Waals surface area (Å²) in [5.41, 5.74) is 0.262. The largest absolute Gasteiger partial charge is 0.378 e. The van der Waals surface area contributed by atoms with Gasteiger partial charge in [0.1, 0.15) is 0 Å². The molecule has 1 aliphatic carbocycles. The molecule has 5 nitrogen and oxygen atoms in total. The standard InChI is InChI=1S/C17H20N2O3/c1-2-14(20)18-11-17-8-12(9-17)10-19(17)16(22)15(21)13-6-4-3-5-7-13/h2-7,12,15,21H,1,8-11H2,(H,18,20)/t12?,15-,17?/m0/s1. The van der Waals surface area contributed by atoms with Crippen molar-refractivity contribution >= 4 is 11.8 Å². The van der Waals surface area contributed by atoms with Crippen molar-refractivity contribution in [3.8, 4) is 0 Å². The summed E-state index contributed by atoms with van der Waals surface area (Å²) in [6.45, 7) is 4.51. The molecular formula is C17H20N2O3. The number of carbonyl (C=O) groups excluding carboxylic acids is 2. The Kier molecular flexibility index (Phi) is 3.74. The van der Waals surface area contributed by atoms with Gasteiger partial charge in [0, 0.05) is 13.1 Å². The van der Waals surface area contributed by atoms with Gasteiger partial charge in [0.25, 0.3) is 5.91 Å². The maximum Gasteiger partial charge on any atom is 0.256 e. The third-order valence-corrected chi connectivity index (χ3v) is 4.74. The van der Waals surface area contributed by atoms with Gasteiger partial charge in [-0.05, 0) is 30.4 Å². The number of fused-ring (bicyclic) bond motifs is 1. The first-order valence-electron chi connectivity index (χ1n) is 7.50. The van der Waals surface area contributed by atoms with Crippen molar-refractivity contribution in [1.29, 1.82) is 0 Å². The quantitative estimate of drug-likeness (QED) is 0.798. The number of hydrogen-bond acceptors (Lipinski definition) is 3. The summed E-state index contributed by atoms with van der Waals surface area (Å²) >= 11 is 0. The fourth-order valence-corrected chi connectivity index (χ4v) is 3.63. The second-order valence-electron chi connectivity index (χ2n) is 6.18. The highest BCUT2D eigenvalue weighted by Gasteiger charge is 2.58. The van der Waals surface area contributed by atoms with Gasteiger partial charge < -0.3 is 15.3 Å². The van der Waals surface area contributed by atoms with E-state index in [0.29, 0.717) is 24.6 Å². The highest BCUT2D eigenvalue weighted by atomic mass is 16.3. The van der Waals surface area contributed by atoms with Crippen LogP contribution in [0.15, 0.2) is 43.0 Å². The molecule has 5 heteroatoms. The van der Waals surface area contributed by atoms with E-state index in [2.05, 4.69) is 11.9 Å². The molecule has 2 amide bonds. The highest BCUT2D eigenvalue weighted by molar-refractivity contribution is 5.87. The Morgan fingerprint density at radius 1 is 1.41 bits per heavy atom. The van der Waals surface area contributed by atoms with Crippen LogP contribution in [0.5, 0.6) is 0 Å². The van der Waals surface area contributed by atoms with Crippen molar-refractivity contribution in [2.24, 2.45) is 5.92 Å². The van der Waals surface area contributed by atoms with Crippen LogP contribution in [0.3, 0.4) is 0 Å². The van der Waals surface area contributed by atoms with Crippen LogP contribution in [0.4, 0.5) is 0 Å². The number of aliphatic hydroxyl groups excluding tert-OH is 1. The van der Waals surface area contributed by atoms with Crippen molar-refractivity contribution < 1.29 is 14.7 Å². The maximum atomic E-state index is 12.6. The first-order chi connectivity index (χ1) is 10.6. The average molecular weight is 300 g/mol. The fraction of sp³-hybridized carbons (Fsp3) is 0.412. The minimum Gasteiger partial charge on any atom is -0.378 e. The lowest BCUT2D eigenvalue weighted by molar-refractivity contribution is -0.144. The molecule has 2 heterocycles. The Bertz CT molecular complexity index is 593. The Morgan fingerprint density at radius 2 is 2.09 bits per heavy atom. The smallest absolute Gasteiger partial charge is 0.256 e. The van der Waals surface area contributed by atoms with Crippen LogP contribution in [0.1, 0.15) is 24.5 Å². The maximum absolute atomic E-state index is 12.6. The van der Waals surface area contributed by atoms with Crippen LogP contribution >= 0.6 is 0 Å². The van der Waals surface area contributed by atoms with Gasteiger partial charge >= 0.3 is 0 Å². The highest BCUT2D eigenvalue weighted by Crippen LogP contribution is 2.50. The zero-order valence-corrected chi connectivity index (χ0v) is 12.4. The van der Waals surface area contributed by atoms with Crippen LogP contribution in [-0.4, -0.2) is 40.4 Å². The molecular weight excluding hydrogens is 280 g/mol. The summed E-state index contributed by atoms with van der Waals surface area (Å²) in [6.07, 6.45) is 1.86. The second-order valence-corrected chi connectivity index (χ2v) is 6.18. The zero-order chi connectivity index (χ0) is 15.7. The molecule has 4 rings (SSSR count). The third kappa shape index (κ3) is 2.41. The van der Waals surface area contributed by atoms with Crippen LogP contribution < -0.4 is 5.32 Å². The van der Waals surface area contributed by atoms with E-state index in [1.807, 2.05) is 6.07 Å². The van der Waals surface area contributed by atoms with Crippen molar-refractivity contribution in [2.45, 2.75) is 24.5 Å². The molecule has 0 aromatic heterocycles. The van der Waals surface area contributed by atoms with Gasteiger partial charge in [-0.25, -0.2) is 0 Å². The number of amides is 2. The molecule has 3 fully saturated rings. The monoisotopic (exact) mass is 300 g/mol. The summed E-state index contributed by atoms with van der Waals surface area (Å²) < 4.78 is 0. The summed E-state index contributed by atoms with van der Waals surface area (Å²) in [5, 5.41) is 13.1. The Labute approximate surface area is 129 Å². The number of hydrogen-bond donors (Lipinski definition) is 2.